The van der Waals surface area contributed by atoms with Gasteiger partial charge in [-0.15, -0.1) is 11.3 Å². The minimum absolute atomic E-state index is 0.0892. The standard InChI is InChI=1S/C13H10N2O3S/c1-2-12-14-8-4-3-7(5-11(8)19-12)10-6-9(13(16)17)15-18-10/h3-6H,2H2,1H3,(H,16,17). The van der Waals surface area contributed by atoms with E-state index in [1.807, 2.05) is 18.2 Å². The first-order valence-electron chi connectivity index (χ1n) is 5.77. The van der Waals surface area contributed by atoms with Crippen molar-refractivity contribution in [2.45, 2.75) is 13.3 Å². The Morgan fingerprint density at radius 2 is 2.26 bits per heavy atom. The normalized spacial score (nSPS) is 11.0. The van der Waals surface area contributed by atoms with Crippen molar-refractivity contribution in [1.82, 2.24) is 10.1 Å². The van der Waals surface area contributed by atoms with Crippen molar-refractivity contribution in [1.29, 1.82) is 0 Å². The second-order valence-electron chi connectivity index (χ2n) is 4.03. The first kappa shape index (κ1) is 11.9. The van der Waals surface area contributed by atoms with Crippen molar-refractivity contribution in [3.8, 4) is 11.3 Å². The van der Waals surface area contributed by atoms with E-state index in [9.17, 15) is 4.79 Å². The molecule has 0 bridgehead atoms. The van der Waals surface area contributed by atoms with Crippen LogP contribution in [0.5, 0.6) is 0 Å². The molecule has 2 heterocycles. The van der Waals surface area contributed by atoms with Crippen molar-refractivity contribution >= 4 is 27.5 Å². The van der Waals surface area contributed by atoms with Crippen molar-refractivity contribution in [3.63, 3.8) is 0 Å². The van der Waals surface area contributed by atoms with Gasteiger partial charge in [0, 0.05) is 11.6 Å². The summed E-state index contributed by atoms with van der Waals surface area (Å²) in [6, 6.07) is 7.13. The number of aryl methyl sites for hydroxylation is 1. The number of carboxylic acids is 1. The Labute approximate surface area is 112 Å². The van der Waals surface area contributed by atoms with E-state index in [1.54, 1.807) is 11.3 Å². The summed E-state index contributed by atoms with van der Waals surface area (Å²) in [4.78, 5) is 15.2. The highest BCUT2D eigenvalue weighted by atomic mass is 32.1. The number of rotatable bonds is 3. The molecule has 0 radical (unpaired) electrons. The van der Waals surface area contributed by atoms with Gasteiger partial charge in [-0.25, -0.2) is 9.78 Å². The van der Waals surface area contributed by atoms with Gasteiger partial charge in [-0.05, 0) is 24.6 Å². The van der Waals surface area contributed by atoms with E-state index >= 15 is 0 Å². The zero-order valence-electron chi connectivity index (χ0n) is 10.1. The summed E-state index contributed by atoms with van der Waals surface area (Å²) in [5.74, 6) is -0.645. The number of aromatic carboxylic acids is 1. The van der Waals surface area contributed by atoms with Crippen LogP contribution in [0.25, 0.3) is 21.5 Å². The Morgan fingerprint density at radius 3 is 2.95 bits per heavy atom. The van der Waals surface area contributed by atoms with Crippen molar-refractivity contribution in [3.05, 3.63) is 35.0 Å². The molecule has 0 aliphatic carbocycles. The number of benzene rings is 1. The molecule has 3 rings (SSSR count). The Kier molecular flexibility index (Phi) is 2.79. The summed E-state index contributed by atoms with van der Waals surface area (Å²) in [6.07, 6.45) is 0.903. The number of aromatic nitrogens is 2. The summed E-state index contributed by atoms with van der Waals surface area (Å²) in [5.41, 5.74) is 1.66. The molecule has 19 heavy (non-hydrogen) atoms. The second-order valence-corrected chi connectivity index (χ2v) is 5.14. The zero-order valence-corrected chi connectivity index (χ0v) is 10.9. The van der Waals surface area contributed by atoms with Crippen LogP contribution >= 0.6 is 11.3 Å². The van der Waals surface area contributed by atoms with Crippen LogP contribution in [0.2, 0.25) is 0 Å². The maximum Gasteiger partial charge on any atom is 0.358 e. The van der Waals surface area contributed by atoms with Crippen LogP contribution in [-0.4, -0.2) is 21.2 Å². The van der Waals surface area contributed by atoms with E-state index in [-0.39, 0.29) is 5.69 Å². The zero-order chi connectivity index (χ0) is 13.4. The number of carboxylic acid groups (broad SMARTS) is 1. The fourth-order valence-corrected chi connectivity index (χ4v) is 2.74. The SMILES string of the molecule is CCc1nc2ccc(-c3cc(C(=O)O)no3)cc2s1. The second kappa shape index (κ2) is 4.47. The molecule has 0 unspecified atom stereocenters. The molecule has 1 aromatic carbocycles. The van der Waals surface area contributed by atoms with Crippen LogP contribution in [-0.2, 0) is 6.42 Å². The Morgan fingerprint density at radius 1 is 1.42 bits per heavy atom. The molecule has 96 valence electrons. The lowest BCUT2D eigenvalue weighted by Gasteiger charge is -1.94. The fourth-order valence-electron chi connectivity index (χ4n) is 1.79. The minimum atomic E-state index is -1.10. The monoisotopic (exact) mass is 274 g/mol. The smallest absolute Gasteiger partial charge is 0.358 e. The van der Waals surface area contributed by atoms with Gasteiger partial charge in [0.25, 0.3) is 0 Å². The van der Waals surface area contributed by atoms with Gasteiger partial charge >= 0.3 is 5.97 Å². The van der Waals surface area contributed by atoms with Crippen molar-refractivity contribution in [2.75, 3.05) is 0 Å². The average Bonchev–Trinajstić information content (AvgIpc) is 3.04. The lowest BCUT2D eigenvalue weighted by molar-refractivity contribution is 0.0686. The highest BCUT2D eigenvalue weighted by molar-refractivity contribution is 7.18. The number of nitrogens with zero attached hydrogens (tertiary/aromatic N) is 2. The molecule has 0 amide bonds. The molecule has 0 fully saturated rings. The third kappa shape index (κ3) is 2.10. The molecule has 3 aromatic rings. The molecule has 2 aromatic heterocycles. The molecule has 0 saturated carbocycles. The molecule has 1 N–H and O–H groups in total. The Balaban J connectivity index is 2.06. The molecule has 0 atom stereocenters. The van der Waals surface area contributed by atoms with Gasteiger partial charge in [-0.2, -0.15) is 0 Å². The molecule has 5 nitrogen and oxygen atoms in total. The topological polar surface area (TPSA) is 76.2 Å². The maximum atomic E-state index is 10.8. The predicted molar refractivity (Wildman–Crippen MR) is 71.5 cm³/mol. The van der Waals surface area contributed by atoms with E-state index < -0.39 is 5.97 Å². The lowest BCUT2D eigenvalue weighted by atomic mass is 10.1. The largest absolute Gasteiger partial charge is 0.476 e. The Hall–Kier alpha value is -2.21. The van der Waals surface area contributed by atoms with Gasteiger partial charge < -0.3 is 9.63 Å². The van der Waals surface area contributed by atoms with Gasteiger partial charge in [0.05, 0.1) is 15.2 Å². The number of thiazole rings is 1. The first-order valence-corrected chi connectivity index (χ1v) is 6.59. The number of carbonyl (C=O) groups is 1. The van der Waals surface area contributed by atoms with Crippen LogP contribution in [0, 0.1) is 0 Å². The van der Waals surface area contributed by atoms with Gasteiger partial charge in [0.15, 0.2) is 11.5 Å². The van der Waals surface area contributed by atoms with E-state index in [0.717, 1.165) is 27.2 Å². The van der Waals surface area contributed by atoms with Crippen LogP contribution in [0.3, 0.4) is 0 Å². The van der Waals surface area contributed by atoms with E-state index in [0.29, 0.717) is 5.76 Å². The van der Waals surface area contributed by atoms with Crippen LogP contribution in [0.4, 0.5) is 0 Å². The van der Waals surface area contributed by atoms with Crippen molar-refractivity contribution < 1.29 is 14.4 Å². The number of fused-ring (bicyclic) bond motifs is 1. The summed E-state index contributed by atoms with van der Waals surface area (Å²) >= 11 is 1.63. The van der Waals surface area contributed by atoms with Gasteiger partial charge in [0.2, 0.25) is 0 Å². The number of hydrogen-bond donors (Lipinski definition) is 1. The van der Waals surface area contributed by atoms with Crippen molar-refractivity contribution in [2.24, 2.45) is 0 Å². The quantitative estimate of drug-likeness (QED) is 0.793. The van der Waals surface area contributed by atoms with Crippen LogP contribution in [0.15, 0.2) is 28.8 Å². The molecule has 0 saturated heterocycles. The minimum Gasteiger partial charge on any atom is -0.476 e. The van der Waals surface area contributed by atoms with Crippen LogP contribution in [0.1, 0.15) is 22.4 Å². The maximum absolute atomic E-state index is 10.8. The summed E-state index contributed by atoms with van der Waals surface area (Å²) in [6.45, 7) is 2.06. The Bertz CT molecular complexity index is 760. The fraction of sp³-hybridized carbons (Fsp3) is 0.154. The highest BCUT2D eigenvalue weighted by Crippen LogP contribution is 2.28. The molecule has 6 heteroatoms. The van der Waals surface area contributed by atoms with E-state index in [1.165, 1.54) is 6.07 Å². The predicted octanol–water partition coefficient (Wildman–Crippen LogP) is 3.21. The van der Waals surface area contributed by atoms with E-state index in [2.05, 4.69) is 17.1 Å². The van der Waals surface area contributed by atoms with Gasteiger partial charge in [0.1, 0.15) is 0 Å². The van der Waals surface area contributed by atoms with Crippen LogP contribution < -0.4 is 0 Å². The number of hydrogen-bond acceptors (Lipinski definition) is 5. The molecule has 0 aliphatic heterocycles. The van der Waals surface area contributed by atoms with Gasteiger partial charge in [-0.3, -0.25) is 0 Å². The molecule has 0 spiro atoms. The summed E-state index contributed by atoms with van der Waals surface area (Å²) in [7, 11) is 0. The lowest BCUT2D eigenvalue weighted by Crippen LogP contribution is -1.94. The molecular formula is C13H10N2O3S. The van der Waals surface area contributed by atoms with E-state index in [4.69, 9.17) is 9.63 Å². The molecular weight excluding hydrogens is 264 g/mol. The first-order chi connectivity index (χ1) is 9.17. The van der Waals surface area contributed by atoms with Gasteiger partial charge in [-0.1, -0.05) is 12.1 Å². The summed E-state index contributed by atoms with van der Waals surface area (Å²) < 4.78 is 6.11. The third-order valence-corrected chi connectivity index (χ3v) is 3.91. The highest BCUT2D eigenvalue weighted by Gasteiger charge is 2.13. The summed E-state index contributed by atoms with van der Waals surface area (Å²) in [5, 5.41) is 13.4. The average molecular weight is 274 g/mol. The third-order valence-electron chi connectivity index (χ3n) is 2.75. The molecule has 0 aliphatic rings.